The normalized spacial score (nSPS) is 14.9. The van der Waals surface area contributed by atoms with Gasteiger partial charge in [0.25, 0.3) is 0 Å². The Balaban J connectivity index is 1.86. The van der Waals surface area contributed by atoms with Crippen LogP contribution >= 0.6 is 0 Å². The molecule has 6 heteroatoms. The summed E-state index contributed by atoms with van der Waals surface area (Å²) in [6.45, 7) is 4.09. The van der Waals surface area contributed by atoms with Crippen LogP contribution in [0.5, 0.6) is 0 Å². The van der Waals surface area contributed by atoms with Gasteiger partial charge in [0, 0.05) is 12.5 Å². The van der Waals surface area contributed by atoms with Crippen molar-refractivity contribution in [1.82, 2.24) is 25.5 Å². The lowest BCUT2D eigenvalue weighted by atomic mass is 10.4. The Hall–Kier alpha value is -1.72. The van der Waals surface area contributed by atoms with Gasteiger partial charge in [-0.05, 0) is 18.1 Å². The van der Waals surface area contributed by atoms with Crippen molar-refractivity contribution in [3.8, 4) is 0 Å². The molecule has 1 aromatic rings. The number of hydrogen-bond acceptors (Lipinski definition) is 4. The minimum absolute atomic E-state index is 0.119. The number of nitrogens with one attached hydrogen (secondary N) is 1. The monoisotopic (exact) mass is 207 g/mol. The minimum atomic E-state index is -0.130. The third kappa shape index (κ3) is 2.61. The summed E-state index contributed by atoms with van der Waals surface area (Å²) in [6.07, 6.45) is 3.89. The standard InChI is InChI=1S/C9H13N5O/c1-2-5-10-8(15)6-14-12-9(11-13-14)7-3-4-7/h2,7H,1,3-6H2,(H,10,15). The molecule has 0 saturated heterocycles. The van der Waals surface area contributed by atoms with Crippen molar-refractivity contribution in [2.24, 2.45) is 0 Å². The van der Waals surface area contributed by atoms with Gasteiger partial charge in [-0.2, -0.15) is 4.80 Å². The van der Waals surface area contributed by atoms with Crippen LogP contribution in [0.1, 0.15) is 24.6 Å². The van der Waals surface area contributed by atoms with Crippen LogP contribution in [0.4, 0.5) is 0 Å². The van der Waals surface area contributed by atoms with Crippen LogP contribution in [0, 0.1) is 0 Å². The van der Waals surface area contributed by atoms with Crippen molar-refractivity contribution in [2.45, 2.75) is 25.3 Å². The zero-order valence-electron chi connectivity index (χ0n) is 8.39. The summed E-state index contributed by atoms with van der Waals surface area (Å²) < 4.78 is 0. The van der Waals surface area contributed by atoms with E-state index in [2.05, 4.69) is 27.3 Å². The highest BCUT2D eigenvalue weighted by Crippen LogP contribution is 2.37. The molecule has 1 amide bonds. The number of carbonyl (C=O) groups is 1. The summed E-state index contributed by atoms with van der Waals surface area (Å²) in [6, 6.07) is 0. The molecule has 0 radical (unpaired) electrons. The molecule has 1 aromatic heterocycles. The molecule has 80 valence electrons. The van der Waals surface area contributed by atoms with Crippen molar-refractivity contribution in [3.05, 3.63) is 18.5 Å². The number of nitrogens with zero attached hydrogens (tertiary/aromatic N) is 4. The van der Waals surface area contributed by atoms with E-state index in [1.54, 1.807) is 6.08 Å². The molecule has 15 heavy (non-hydrogen) atoms. The second-order valence-electron chi connectivity index (χ2n) is 3.55. The van der Waals surface area contributed by atoms with Crippen molar-refractivity contribution >= 4 is 5.91 Å². The molecule has 1 aliphatic rings. The maximum absolute atomic E-state index is 11.3. The number of carbonyl (C=O) groups excluding carboxylic acids is 1. The molecule has 1 saturated carbocycles. The summed E-state index contributed by atoms with van der Waals surface area (Å²) in [4.78, 5) is 12.6. The first-order valence-electron chi connectivity index (χ1n) is 4.95. The summed E-state index contributed by atoms with van der Waals surface area (Å²) >= 11 is 0. The lowest BCUT2D eigenvalue weighted by Crippen LogP contribution is -2.28. The quantitative estimate of drug-likeness (QED) is 0.682. The van der Waals surface area contributed by atoms with E-state index in [1.165, 1.54) is 4.80 Å². The number of amides is 1. The van der Waals surface area contributed by atoms with Gasteiger partial charge in [-0.25, -0.2) is 0 Å². The van der Waals surface area contributed by atoms with Crippen LogP contribution in [0.2, 0.25) is 0 Å². The second kappa shape index (κ2) is 4.20. The molecule has 0 spiro atoms. The molecule has 0 atom stereocenters. The highest BCUT2D eigenvalue weighted by Gasteiger charge is 2.28. The number of hydrogen-bond donors (Lipinski definition) is 1. The Morgan fingerprint density at radius 1 is 1.67 bits per heavy atom. The molecule has 0 aliphatic heterocycles. The lowest BCUT2D eigenvalue weighted by Gasteiger charge is -1.99. The zero-order valence-corrected chi connectivity index (χ0v) is 8.39. The first-order chi connectivity index (χ1) is 7.29. The third-order valence-corrected chi connectivity index (χ3v) is 2.14. The molecule has 0 unspecified atom stereocenters. The van der Waals surface area contributed by atoms with Crippen LogP contribution in [-0.2, 0) is 11.3 Å². The summed E-state index contributed by atoms with van der Waals surface area (Å²) in [5, 5.41) is 14.5. The SMILES string of the molecule is C=CCNC(=O)Cn1nnc(C2CC2)n1. The summed E-state index contributed by atoms with van der Waals surface area (Å²) in [5.41, 5.74) is 0. The Morgan fingerprint density at radius 2 is 2.47 bits per heavy atom. The van der Waals surface area contributed by atoms with Crippen LogP contribution < -0.4 is 5.32 Å². The number of rotatable bonds is 5. The van der Waals surface area contributed by atoms with Gasteiger partial charge in [0.1, 0.15) is 6.54 Å². The van der Waals surface area contributed by atoms with Gasteiger partial charge in [0.15, 0.2) is 5.82 Å². The molecule has 2 rings (SSSR count). The zero-order chi connectivity index (χ0) is 10.7. The van der Waals surface area contributed by atoms with Gasteiger partial charge in [0.05, 0.1) is 0 Å². The van der Waals surface area contributed by atoms with Crippen molar-refractivity contribution < 1.29 is 4.79 Å². The second-order valence-corrected chi connectivity index (χ2v) is 3.55. The van der Waals surface area contributed by atoms with Gasteiger partial charge in [-0.3, -0.25) is 4.79 Å². The Labute approximate surface area is 87.4 Å². The van der Waals surface area contributed by atoms with E-state index < -0.39 is 0 Å². The average molecular weight is 207 g/mol. The number of aromatic nitrogens is 4. The van der Waals surface area contributed by atoms with Gasteiger partial charge >= 0.3 is 0 Å². The smallest absolute Gasteiger partial charge is 0.243 e. The van der Waals surface area contributed by atoms with Crippen LogP contribution in [0.15, 0.2) is 12.7 Å². The minimum Gasteiger partial charge on any atom is -0.351 e. The Kier molecular flexibility index (Phi) is 2.75. The molecule has 1 N–H and O–H groups in total. The summed E-state index contributed by atoms with van der Waals surface area (Å²) in [5.74, 6) is 1.09. The van der Waals surface area contributed by atoms with Crippen molar-refractivity contribution in [2.75, 3.05) is 6.54 Å². The summed E-state index contributed by atoms with van der Waals surface area (Å²) in [7, 11) is 0. The lowest BCUT2D eigenvalue weighted by molar-refractivity contribution is -0.121. The molecule has 1 heterocycles. The van der Waals surface area contributed by atoms with E-state index in [-0.39, 0.29) is 12.5 Å². The highest BCUT2D eigenvalue weighted by atomic mass is 16.2. The van der Waals surface area contributed by atoms with Gasteiger partial charge in [-0.1, -0.05) is 6.08 Å². The molecule has 1 aliphatic carbocycles. The predicted molar refractivity (Wildman–Crippen MR) is 53.0 cm³/mol. The molecule has 0 bridgehead atoms. The highest BCUT2D eigenvalue weighted by molar-refractivity contribution is 5.75. The molecular formula is C9H13N5O. The molecule has 0 aromatic carbocycles. The maximum atomic E-state index is 11.3. The van der Waals surface area contributed by atoms with E-state index in [0.29, 0.717) is 12.5 Å². The average Bonchev–Trinajstić information content (AvgIpc) is 2.98. The fourth-order valence-corrected chi connectivity index (χ4v) is 1.20. The van der Waals surface area contributed by atoms with Gasteiger partial charge < -0.3 is 5.32 Å². The first-order valence-corrected chi connectivity index (χ1v) is 4.95. The largest absolute Gasteiger partial charge is 0.351 e. The number of tetrazole rings is 1. The Morgan fingerprint density at radius 3 is 3.13 bits per heavy atom. The van der Waals surface area contributed by atoms with E-state index in [1.807, 2.05) is 0 Å². The molecular weight excluding hydrogens is 194 g/mol. The van der Waals surface area contributed by atoms with Crippen LogP contribution in [0.25, 0.3) is 0 Å². The van der Waals surface area contributed by atoms with Gasteiger partial charge in [0.2, 0.25) is 5.91 Å². The Bertz CT molecular complexity index is 368. The van der Waals surface area contributed by atoms with E-state index in [0.717, 1.165) is 18.7 Å². The fraction of sp³-hybridized carbons (Fsp3) is 0.556. The molecule has 6 nitrogen and oxygen atoms in total. The topological polar surface area (TPSA) is 72.7 Å². The molecule has 1 fully saturated rings. The van der Waals surface area contributed by atoms with Crippen LogP contribution in [-0.4, -0.2) is 32.7 Å². The fourth-order valence-electron chi connectivity index (χ4n) is 1.20. The van der Waals surface area contributed by atoms with E-state index in [9.17, 15) is 4.79 Å². The van der Waals surface area contributed by atoms with Crippen LogP contribution in [0.3, 0.4) is 0 Å². The third-order valence-electron chi connectivity index (χ3n) is 2.14. The van der Waals surface area contributed by atoms with E-state index >= 15 is 0 Å². The van der Waals surface area contributed by atoms with Crippen molar-refractivity contribution in [1.29, 1.82) is 0 Å². The first kappa shape index (κ1) is 9.82. The van der Waals surface area contributed by atoms with E-state index in [4.69, 9.17) is 0 Å². The predicted octanol–water partition coefficient (Wildman–Crippen LogP) is -0.147. The maximum Gasteiger partial charge on any atom is 0.243 e. The van der Waals surface area contributed by atoms with Crippen molar-refractivity contribution in [3.63, 3.8) is 0 Å². The van der Waals surface area contributed by atoms with Gasteiger partial charge in [-0.15, -0.1) is 16.8 Å².